The van der Waals surface area contributed by atoms with E-state index in [4.69, 9.17) is 9.15 Å². The Balaban J connectivity index is 1.35. The van der Waals surface area contributed by atoms with Gasteiger partial charge in [0.2, 0.25) is 0 Å². The summed E-state index contributed by atoms with van der Waals surface area (Å²) < 4.78 is 10.7. The lowest BCUT2D eigenvalue weighted by Gasteiger charge is -2.32. The molecule has 8 nitrogen and oxygen atoms in total. The zero-order valence-electron chi connectivity index (χ0n) is 16.4. The summed E-state index contributed by atoms with van der Waals surface area (Å²) in [5.41, 5.74) is 0.856. The minimum Gasteiger partial charge on any atom is -0.459 e. The largest absolute Gasteiger partial charge is 0.459 e. The molecule has 2 saturated heterocycles. The maximum atomic E-state index is 12.0. The first-order valence-corrected chi connectivity index (χ1v) is 9.78. The number of ether oxygens (including phenoxy) is 1. The van der Waals surface area contributed by atoms with Gasteiger partial charge >= 0.3 is 0 Å². The molecule has 0 aromatic carbocycles. The molecule has 2 N–H and O–H groups in total. The van der Waals surface area contributed by atoms with Gasteiger partial charge in [-0.05, 0) is 25.8 Å². The van der Waals surface area contributed by atoms with Crippen molar-refractivity contribution in [2.45, 2.75) is 25.8 Å². The average molecular weight is 377 g/mol. The number of guanidine groups is 1. The number of carbonyl (C=O) groups is 1. The molecule has 150 valence electrons. The Hall–Kier alpha value is -2.06. The van der Waals surface area contributed by atoms with E-state index in [9.17, 15) is 4.79 Å². The third-order valence-electron chi connectivity index (χ3n) is 5.23. The van der Waals surface area contributed by atoms with Crippen molar-refractivity contribution in [3.8, 4) is 0 Å². The lowest BCUT2D eigenvalue weighted by atomic mass is 10.2. The van der Waals surface area contributed by atoms with Gasteiger partial charge in [0.15, 0.2) is 11.7 Å². The first-order valence-electron chi connectivity index (χ1n) is 9.78. The normalized spacial score (nSPS) is 21.5. The fourth-order valence-corrected chi connectivity index (χ4v) is 3.68. The number of carbonyl (C=O) groups excluding carboxylic acids is 1. The molecule has 27 heavy (non-hydrogen) atoms. The summed E-state index contributed by atoms with van der Waals surface area (Å²) in [4.78, 5) is 21.3. The lowest BCUT2D eigenvalue weighted by molar-refractivity contribution is 0.0195. The molecule has 1 amide bonds. The molecule has 0 saturated carbocycles. The Morgan fingerprint density at radius 1 is 1.26 bits per heavy atom. The van der Waals surface area contributed by atoms with Gasteiger partial charge in [-0.15, -0.1) is 0 Å². The van der Waals surface area contributed by atoms with Gasteiger partial charge in [-0.25, -0.2) is 0 Å². The molecule has 3 rings (SSSR count). The Morgan fingerprint density at radius 3 is 2.74 bits per heavy atom. The van der Waals surface area contributed by atoms with Crippen LogP contribution >= 0.6 is 0 Å². The molecule has 1 aromatic heterocycles. The van der Waals surface area contributed by atoms with Crippen LogP contribution < -0.4 is 10.6 Å². The van der Waals surface area contributed by atoms with Crippen molar-refractivity contribution >= 4 is 11.9 Å². The molecule has 2 aliphatic heterocycles. The Kier molecular flexibility index (Phi) is 7.11. The van der Waals surface area contributed by atoms with Gasteiger partial charge in [0, 0.05) is 57.9 Å². The van der Waals surface area contributed by atoms with E-state index < -0.39 is 0 Å². The molecule has 8 heteroatoms. The molecule has 2 fully saturated rings. The molecule has 1 unspecified atom stereocenters. The van der Waals surface area contributed by atoms with Gasteiger partial charge < -0.3 is 24.7 Å². The summed E-state index contributed by atoms with van der Waals surface area (Å²) in [5, 5.41) is 6.31. The van der Waals surface area contributed by atoms with Gasteiger partial charge in [0.25, 0.3) is 5.91 Å². The quantitative estimate of drug-likeness (QED) is 0.431. The van der Waals surface area contributed by atoms with E-state index in [1.165, 1.54) is 12.7 Å². The van der Waals surface area contributed by atoms with Crippen molar-refractivity contribution in [3.63, 3.8) is 0 Å². The number of morpholine rings is 1. The van der Waals surface area contributed by atoms with Gasteiger partial charge in [0.05, 0.1) is 19.5 Å². The third kappa shape index (κ3) is 5.23. The Labute approximate surface area is 160 Å². The Morgan fingerprint density at radius 2 is 2.04 bits per heavy atom. The number of aryl methyl sites for hydroxylation is 1. The predicted molar refractivity (Wildman–Crippen MR) is 104 cm³/mol. The van der Waals surface area contributed by atoms with Crippen LogP contribution in [0.2, 0.25) is 0 Å². The highest BCUT2D eigenvalue weighted by molar-refractivity contribution is 5.92. The van der Waals surface area contributed by atoms with Gasteiger partial charge in [-0.2, -0.15) is 0 Å². The third-order valence-corrected chi connectivity index (χ3v) is 5.23. The second kappa shape index (κ2) is 9.75. The second-order valence-electron chi connectivity index (χ2n) is 7.05. The molecule has 1 aromatic rings. The highest BCUT2D eigenvalue weighted by Gasteiger charge is 2.30. The molecule has 0 bridgehead atoms. The van der Waals surface area contributed by atoms with E-state index >= 15 is 0 Å². The van der Waals surface area contributed by atoms with Gasteiger partial charge in [0.1, 0.15) is 0 Å². The molecular formula is C19H31N5O3. The smallest absolute Gasteiger partial charge is 0.287 e. The highest BCUT2D eigenvalue weighted by atomic mass is 16.5. The molecule has 0 spiro atoms. The van der Waals surface area contributed by atoms with Crippen LogP contribution in [-0.2, 0) is 4.74 Å². The molecule has 2 aliphatic rings. The van der Waals surface area contributed by atoms with E-state index in [2.05, 4.69) is 25.4 Å². The number of rotatable bonds is 6. The van der Waals surface area contributed by atoms with Crippen molar-refractivity contribution in [1.29, 1.82) is 0 Å². The monoisotopic (exact) mass is 377 g/mol. The summed E-state index contributed by atoms with van der Waals surface area (Å²) in [6.45, 7) is 8.99. The van der Waals surface area contributed by atoms with Crippen LogP contribution in [0.3, 0.4) is 0 Å². The molecule has 3 heterocycles. The zero-order valence-corrected chi connectivity index (χ0v) is 16.4. The summed E-state index contributed by atoms with van der Waals surface area (Å²) in [6.07, 6.45) is 3.53. The topological polar surface area (TPSA) is 82.3 Å². The number of aliphatic imine (C=N–C) groups is 1. The zero-order chi connectivity index (χ0) is 19.1. The number of hydrogen-bond acceptors (Lipinski definition) is 5. The number of amides is 1. The standard InChI is InChI=1S/C19H31N5O3/c1-15-5-11-27-17(15)18(25)21-6-3-7-22-19(20-2)24-8-4-16(14-24)23-9-12-26-13-10-23/h5,11,16H,3-4,6-10,12-14H2,1-2H3,(H,20,22)(H,21,25). The molecule has 0 radical (unpaired) electrons. The van der Waals surface area contributed by atoms with Crippen molar-refractivity contribution in [2.24, 2.45) is 4.99 Å². The van der Waals surface area contributed by atoms with Crippen LogP contribution in [-0.4, -0.2) is 87.2 Å². The van der Waals surface area contributed by atoms with E-state index in [1.54, 1.807) is 6.07 Å². The lowest BCUT2D eigenvalue weighted by Crippen LogP contribution is -2.47. The summed E-state index contributed by atoms with van der Waals surface area (Å²) in [6, 6.07) is 2.38. The first-order chi connectivity index (χ1) is 13.2. The van der Waals surface area contributed by atoms with E-state index in [1.807, 2.05) is 14.0 Å². The molecule has 0 aliphatic carbocycles. The number of hydrogen-bond donors (Lipinski definition) is 2. The number of furan rings is 1. The van der Waals surface area contributed by atoms with Crippen LogP contribution in [0.1, 0.15) is 29.0 Å². The summed E-state index contributed by atoms with van der Waals surface area (Å²) in [5.74, 6) is 1.18. The highest BCUT2D eigenvalue weighted by Crippen LogP contribution is 2.17. The number of nitrogens with zero attached hydrogens (tertiary/aromatic N) is 3. The minimum absolute atomic E-state index is 0.158. The van der Waals surface area contributed by atoms with Crippen molar-refractivity contribution in [3.05, 3.63) is 23.7 Å². The maximum Gasteiger partial charge on any atom is 0.287 e. The van der Waals surface area contributed by atoms with Crippen LogP contribution in [0.25, 0.3) is 0 Å². The number of nitrogens with one attached hydrogen (secondary N) is 2. The van der Waals surface area contributed by atoms with Crippen molar-refractivity contribution in [2.75, 3.05) is 59.5 Å². The van der Waals surface area contributed by atoms with E-state index in [-0.39, 0.29) is 5.91 Å². The predicted octanol–water partition coefficient (Wildman–Crippen LogP) is 0.690. The van der Waals surface area contributed by atoms with Crippen LogP contribution in [0.4, 0.5) is 0 Å². The summed E-state index contributed by atoms with van der Waals surface area (Å²) in [7, 11) is 1.83. The maximum absolute atomic E-state index is 12.0. The molecule has 1 atom stereocenters. The van der Waals surface area contributed by atoms with Crippen LogP contribution in [0.5, 0.6) is 0 Å². The van der Waals surface area contributed by atoms with Crippen LogP contribution in [0, 0.1) is 6.92 Å². The van der Waals surface area contributed by atoms with Crippen molar-refractivity contribution < 1.29 is 13.9 Å². The van der Waals surface area contributed by atoms with Crippen LogP contribution in [0.15, 0.2) is 21.7 Å². The van der Waals surface area contributed by atoms with E-state index in [0.29, 0.717) is 18.3 Å². The minimum atomic E-state index is -0.158. The van der Waals surface area contributed by atoms with Crippen molar-refractivity contribution in [1.82, 2.24) is 20.4 Å². The number of likely N-dealkylation sites (tertiary alicyclic amines) is 1. The average Bonchev–Trinajstić information content (AvgIpc) is 3.34. The summed E-state index contributed by atoms with van der Waals surface area (Å²) >= 11 is 0. The van der Waals surface area contributed by atoms with Gasteiger partial charge in [-0.3, -0.25) is 14.7 Å². The Bertz CT molecular complexity index is 639. The van der Waals surface area contributed by atoms with E-state index in [0.717, 1.165) is 63.9 Å². The first kappa shape index (κ1) is 19.7. The fraction of sp³-hybridized carbons (Fsp3) is 0.684. The molecular weight excluding hydrogens is 346 g/mol. The fourth-order valence-electron chi connectivity index (χ4n) is 3.68. The van der Waals surface area contributed by atoms with Gasteiger partial charge in [-0.1, -0.05) is 0 Å². The second-order valence-corrected chi connectivity index (χ2v) is 7.05. The SMILES string of the molecule is CN=C(NCCCNC(=O)c1occc1C)N1CCC(N2CCOCC2)C1.